The van der Waals surface area contributed by atoms with E-state index in [2.05, 4.69) is 0 Å². The quantitative estimate of drug-likeness (QED) is 0.731. The molecule has 1 spiro atoms. The zero-order valence-corrected chi connectivity index (χ0v) is 12.2. The van der Waals surface area contributed by atoms with E-state index in [0.717, 1.165) is 37.5 Å². The zero-order chi connectivity index (χ0) is 13.8. The molecule has 1 atom stereocenters. The minimum absolute atomic E-state index is 0.184. The van der Waals surface area contributed by atoms with Gasteiger partial charge in [-0.25, -0.2) is 4.79 Å². The van der Waals surface area contributed by atoms with Gasteiger partial charge in [-0.05, 0) is 57.9 Å². The summed E-state index contributed by atoms with van der Waals surface area (Å²) in [6.07, 6.45) is 4.26. The minimum Gasteiger partial charge on any atom is -0.444 e. The van der Waals surface area contributed by atoms with Crippen LogP contribution in [0, 0.1) is 11.3 Å². The number of carbonyl (C=O) groups is 1. The molecular weight excluding hydrogens is 240 g/mol. The summed E-state index contributed by atoms with van der Waals surface area (Å²) in [6.45, 7) is 7.26. The summed E-state index contributed by atoms with van der Waals surface area (Å²) in [6, 6.07) is 0. The van der Waals surface area contributed by atoms with Gasteiger partial charge in [-0.3, -0.25) is 0 Å². The number of hydrogen-bond donors (Lipinski definition) is 1. The highest BCUT2D eigenvalue weighted by Gasteiger charge is 2.52. The first-order chi connectivity index (χ1) is 8.81. The number of nitrogens with two attached hydrogens (primary N) is 1. The fourth-order valence-corrected chi connectivity index (χ4v) is 3.57. The van der Waals surface area contributed by atoms with Crippen LogP contribution < -0.4 is 5.73 Å². The van der Waals surface area contributed by atoms with Crippen molar-refractivity contribution in [1.29, 1.82) is 0 Å². The summed E-state index contributed by atoms with van der Waals surface area (Å²) in [5.41, 5.74) is 8.75. The highest BCUT2D eigenvalue weighted by Crippen LogP contribution is 2.60. The van der Waals surface area contributed by atoms with E-state index >= 15 is 0 Å². The fraction of sp³-hybridized carbons (Fsp3) is 0.800. The number of ether oxygens (including phenoxy) is 1. The molecule has 2 aliphatic carbocycles. The third kappa shape index (κ3) is 2.21. The fourth-order valence-electron chi connectivity index (χ4n) is 3.57. The predicted octanol–water partition coefficient (Wildman–Crippen LogP) is 2.64. The Morgan fingerprint density at radius 1 is 1.37 bits per heavy atom. The largest absolute Gasteiger partial charge is 0.444 e. The molecule has 2 N–H and O–H groups in total. The number of nitrogens with zero attached hydrogens (tertiary/aromatic N) is 1. The smallest absolute Gasteiger partial charge is 0.410 e. The molecule has 0 aromatic heterocycles. The normalized spacial score (nSPS) is 28.6. The van der Waals surface area contributed by atoms with Gasteiger partial charge < -0.3 is 15.4 Å². The molecule has 1 amide bonds. The zero-order valence-electron chi connectivity index (χ0n) is 12.2. The molecule has 0 bridgehead atoms. The molecule has 1 saturated carbocycles. The van der Waals surface area contributed by atoms with Crippen LogP contribution in [0.4, 0.5) is 4.79 Å². The van der Waals surface area contributed by atoms with Gasteiger partial charge in [-0.1, -0.05) is 0 Å². The van der Waals surface area contributed by atoms with Gasteiger partial charge in [-0.15, -0.1) is 0 Å². The number of allylic oxidation sites excluding steroid dienone is 2. The Bertz CT molecular complexity index is 440. The molecule has 3 rings (SSSR count). The molecule has 2 fully saturated rings. The van der Waals surface area contributed by atoms with Crippen LogP contribution >= 0.6 is 0 Å². The minimum atomic E-state index is -0.414. The third-order valence-electron chi connectivity index (χ3n) is 4.73. The second-order valence-electron chi connectivity index (χ2n) is 7.29. The Labute approximate surface area is 115 Å². The standard InChI is InChI=1S/C15H24N2O2/c1-14(2,3)19-13(18)17-6-4-15(5-7-17)9-10-8-11(10)12(15)16/h10H,4-9,16H2,1-3H3. The van der Waals surface area contributed by atoms with Gasteiger partial charge >= 0.3 is 6.09 Å². The Hall–Kier alpha value is -1.19. The van der Waals surface area contributed by atoms with Crippen molar-refractivity contribution >= 4 is 6.09 Å². The lowest BCUT2D eigenvalue weighted by Crippen LogP contribution is -2.46. The number of hydrogen-bond acceptors (Lipinski definition) is 3. The SMILES string of the molecule is CC(C)(C)OC(=O)N1CCC2(CC1)CC1CC1=C2N. The van der Waals surface area contributed by atoms with Crippen molar-refractivity contribution in [3.05, 3.63) is 11.3 Å². The maximum atomic E-state index is 12.0. The topological polar surface area (TPSA) is 55.6 Å². The van der Waals surface area contributed by atoms with E-state index < -0.39 is 5.60 Å². The summed E-state index contributed by atoms with van der Waals surface area (Å²) in [4.78, 5) is 13.9. The summed E-state index contributed by atoms with van der Waals surface area (Å²) in [5, 5.41) is 0. The molecule has 0 aromatic carbocycles. The summed E-state index contributed by atoms with van der Waals surface area (Å²) in [5.74, 6) is 0.771. The van der Waals surface area contributed by atoms with Gasteiger partial charge in [-0.2, -0.15) is 0 Å². The highest BCUT2D eigenvalue weighted by molar-refractivity contribution is 5.68. The van der Waals surface area contributed by atoms with Crippen LogP contribution in [-0.2, 0) is 4.74 Å². The molecular formula is C15H24N2O2. The van der Waals surface area contributed by atoms with Crippen molar-refractivity contribution in [1.82, 2.24) is 4.90 Å². The summed E-state index contributed by atoms with van der Waals surface area (Å²) >= 11 is 0. The summed E-state index contributed by atoms with van der Waals surface area (Å²) in [7, 11) is 0. The molecule has 4 nitrogen and oxygen atoms in total. The Morgan fingerprint density at radius 2 is 2.00 bits per heavy atom. The van der Waals surface area contributed by atoms with E-state index in [9.17, 15) is 4.79 Å². The van der Waals surface area contributed by atoms with Crippen molar-refractivity contribution in [2.75, 3.05) is 13.1 Å². The molecule has 106 valence electrons. The average molecular weight is 264 g/mol. The Kier molecular flexibility index (Phi) is 2.63. The molecule has 1 saturated heterocycles. The van der Waals surface area contributed by atoms with E-state index in [1.54, 1.807) is 0 Å². The van der Waals surface area contributed by atoms with Gasteiger partial charge in [0.2, 0.25) is 0 Å². The lowest BCUT2D eigenvalue weighted by molar-refractivity contribution is 0.0128. The number of fused-ring (bicyclic) bond motifs is 1. The van der Waals surface area contributed by atoms with Crippen molar-refractivity contribution in [2.45, 2.75) is 52.1 Å². The van der Waals surface area contributed by atoms with Crippen LogP contribution in [0.15, 0.2) is 11.3 Å². The number of amides is 1. The number of carbonyl (C=O) groups excluding carboxylic acids is 1. The average Bonchev–Trinajstić information content (AvgIpc) is 3.00. The van der Waals surface area contributed by atoms with Crippen LogP contribution in [0.2, 0.25) is 0 Å². The van der Waals surface area contributed by atoms with Crippen LogP contribution in [-0.4, -0.2) is 29.7 Å². The van der Waals surface area contributed by atoms with Crippen molar-refractivity contribution < 1.29 is 9.53 Å². The van der Waals surface area contributed by atoms with E-state index in [4.69, 9.17) is 10.5 Å². The lowest BCUT2D eigenvalue weighted by Gasteiger charge is -2.41. The van der Waals surface area contributed by atoms with Gasteiger partial charge in [0.15, 0.2) is 0 Å². The third-order valence-corrected chi connectivity index (χ3v) is 4.73. The first-order valence-corrected chi connectivity index (χ1v) is 7.28. The monoisotopic (exact) mass is 264 g/mol. The summed E-state index contributed by atoms with van der Waals surface area (Å²) < 4.78 is 5.43. The van der Waals surface area contributed by atoms with Crippen molar-refractivity contribution in [3.8, 4) is 0 Å². The van der Waals surface area contributed by atoms with Gasteiger partial charge in [0, 0.05) is 24.2 Å². The second kappa shape index (κ2) is 3.90. The van der Waals surface area contributed by atoms with E-state index in [0.29, 0.717) is 0 Å². The van der Waals surface area contributed by atoms with Crippen LogP contribution in [0.25, 0.3) is 0 Å². The maximum absolute atomic E-state index is 12.0. The van der Waals surface area contributed by atoms with Crippen LogP contribution in [0.3, 0.4) is 0 Å². The van der Waals surface area contributed by atoms with Crippen LogP contribution in [0.5, 0.6) is 0 Å². The highest BCUT2D eigenvalue weighted by atomic mass is 16.6. The molecule has 19 heavy (non-hydrogen) atoms. The van der Waals surface area contributed by atoms with Gasteiger partial charge in [0.05, 0.1) is 0 Å². The molecule has 0 aromatic rings. The van der Waals surface area contributed by atoms with Gasteiger partial charge in [0.25, 0.3) is 0 Å². The van der Waals surface area contributed by atoms with Crippen LogP contribution in [0.1, 0.15) is 46.5 Å². The molecule has 0 radical (unpaired) electrons. The number of likely N-dealkylation sites (tertiary alicyclic amines) is 1. The van der Waals surface area contributed by atoms with Crippen molar-refractivity contribution in [2.24, 2.45) is 17.1 Å². The molecule has 1 aliphatic heterocycles. The number of rotatable bonds is 0. The molecule has 1 unspecified atom stereocenters. The number of piperidine rings is 1. The van der Waals surface area contributed by atoms with E-state index in [-0.39, 0.29) is 11.5 Å². The first kappa shape index (κ1) is 12.8. The van der Waals surface area contributed by atoms with Crippen molar-refractivity contribution in [3.63, 3.8) is 0 Å². The van der Waals surface area contributed by atoms with E-state index in [1.165, 1.54) is 18.4 Å². The maximum Gasteiger partial charge on any atom is 0.410 e. The predicted molar refractivity (Wildman–Crippen MR) is 73.4 cm³/mol. The second-order valence-corrected chi connectivity index (χ2v) is 7.29. The molecule has 3 aliphatic rings. The first-order valence-electron chi connectivity index (χ1n) is 7.28. The van der Waals surface area contributed by atoms with Gasteiger partial charge in [0.1, 0.15) is 5.60 Å². The Morgan fingerprint density at radius 3 is 2.47 bits per heavy atom. The lowest BCUT2D eigenvalue weighted by atomic mass is 9.74. The van der Waals surface area contributed by atoms with E-state index in [1.807, 2.05) is 25.7 Å². The molecule has 1 heterocycles. The Balaban J connectivity index is 1.60. The molecule has 4 heteroatoms.